The molecule has 1 aromatic heterocycles. The van der Waals surface area contributed by atoms with Crippen LogP contribution in [0, 0.1) is 0 Å². The molecule has 4 rings (SSSR count). The summed E-state index contributed by atoms with van der Waals surface area (Å²) in [5, 5.41) is 2.72. The van der Waals surface area contributed by atoms with Crippen LogP contribution in [-0.2, 0) is 10.0 Å². The number of anilines is 3. The standard InChI is InChI=1S/C25H28N4O5S/c1-17(30)18-14-21(26-16-18)25(31)27-19-10-11-22(29-12-6-3-7-13-29)24(15-19)35(32,33)28-20-8-4-5-9-23(20)34-2/h4-5,8-11,14-16,26,28H,3,6-7,12-13H2,1-2H3,(H,27,31). The Hall–Kier alpha value is -3.79. The quantitative estimate of drug-likeness (QED) is 0.401. The molecule has 0 radical (unpaired) electrons. The molecule has 0 atom stereocenters. The van der Waals surface area contributed by atoms with Gasteiger partial charge < -0.3 is 19.9 Å². The molecule has 0 unspecified atom stereocenters. The molecule has 2 aromatic carbocycles. The number of rotatable bonds is 8. The van der Waals surface area contributed by atoms with E-state index in [2.05, 4.69) is 19.9 Å². The van der Waals surface area contributed by atoms with E-state index >= 15 is 0 Å². The highest BCUT2D eigenvalue weighted by Gasteiger charge is 2.25. The zero-order chi connectivity index (χ0) is 25.0. The number of para-hydroxylation sites is 2. The number of aromatic amines is 1. The van der Waals surface area contributed by atoms with E-state index in [1.165, 1.54) is 32.4 Å². The minimum atomic E-state index is -4.03. The fourth-order valence-corrected chi connectivity index (χ4v) is 5.38. The molecular weight excluding hydrogens is 468 g/mol. The summed E-state index contributed by atoms with van der Waals surface area (Å²) >= 11 is 0. The van der Waals surface area contributed by atoms with Crippen molar-refractivity contribution in [3.63, 3.8) is 0 Å². The van der Waals surface area contributed by atoms with Gasteiger partial charge in [0, 0.05) is 30.5 Å². The van der Waals surface area contributed by atoms with Gasteiger partial charge in [0.15, 0.2) is 5.78 Å². The summed E-state index contributed by atoms with van der Waals surface area (Å²) in [5.41, 5.74) is 1.79. The molecule has 1 aliphatic rings. The van der Waals surface area contributed by atoms with E-state index in [0.29, 0.717) is 28.4 Å². The van der Waals surface area contributed by atoms with Crippen LogP contribution < -0.4 is 19.7 Å². The van der Waals surface area contributed by atoms with E-state index in [1.807, 2.05) is 0 Å². The number of piperidine rings is 1. The Bertz CT molecular complexity index is 1340. The van der Waals surface area contributed by atoms with Crippen LogP contribution in [0.4, 0.5) is 17.1 Å². The van der Waals surface area contributed by atoms with Crippen molar-refractivity contribution in [1.29, 1.82) is 0 Å². The van der Waals surface area contributed by atoms with Crippen molar-refractivity contribution in [2.75, 3.05) is 35.1 Å². The maximum absolute atomic E-state index is 13.6. The number of hydrogen-bond donors (Lipinski definition) is 3. The summed E-state index contributed by atoms with van der Waals surface area (Å²) < 4.78 is 35.1. The second-order valence-corrected chi connectivity index (χ2v) is 10.00. The van der Waals surface area contributed by atoms with Gasteiger partial charge in [-0.25, -0.2) is 8.42 Å². The molecule has 3 N–H and O–H groups in total. The average Bonchev–Trinajstić information content (AvgIpc) is 3.36. The molecule has 0 aliphatic carbocycles. The smallest absolute Gasteiger partial charge is 0.272 e. The van der Waals surface area contributed by atoms with Crippen molar-refractivity contribution in [3.8, 4) is 5.75 Å². The van der Waals surface area contributed by atoms with Crippen molar-refractivity contribution >= 4 is 38.8 Å². The number of carbonyl (C=O) groups excluding carboxylic acids is 2. The molecule has 1 saturated heterocycles. The van der Waals surface area contributed by atoms with Gasteiger partial charge in [-0.1, -0.05) is 12.1 Å². The van der Waals surface area contributed by atoms with Crippen LogP contribution in [0.5, 0.6) is 5.75 Å². The van der Waals surface area contributed by atoms with Crippen molar-refractivity contribution in [3.05, 3.63) is 66.0 Å². The first-order valence-corrected chi connectivity index (χ1v) is 12.8. The number of benzene rings is 2. The SMILES string of the molecule is COc1ccccc1NS(=O)(=O)c1cc(NC(=O)c2cc(C(C)=O)c[nH]2)ccc1N1CCCCC1. The molecule has 0 spiro atoms. The maximum Gasteiger partial charge on any atom is 0.272 e. The van der Waals surface area contributed by atoms with Gasteiger partial charge in [-0.05, 0) is 62.6 Å². The fraction of sp³-hybridized carbons (Fsp3) is 0.280. The van der Waals surface area contributed by atoms with Crippen LogP contribution >= 0.6 is 0 Å². The Morgan fingerprint density at radius 2 is 1.77 bits per heavy atom. The van der Waals surface area contributed by atoms with Crippen molar-refractivity contribution in [2.24, 2.45) is 0 Å². The number of ether oxygens (including phenoxy) is 1. The third-order valence-electron chi connectivity index (χ3n) is 5.89. The van der Waals surface area contributed by atoms with Gasteiger partial charge in [-0.2, -0.15) is 0 Å². The maximum atomic E-state index is 13.6. The number of carbonyl (C=O) groups is 2. The first-order chi connectivity index (χ1) is 16.8. The molecule has 0 saturated carbocycles. The second-order valence-electron chi connectivity index (χ2n) is 8.35. The number of amides is 1. The Kier molecular flexibility index (Phi) is 7.11. The minimum Gasteiger partial charge on any atom is -0.495 e. The zero-order valence-corrected chi connectivity index (χ0v) is 20.4. The van der Waals surface area contributed by atoms with Gasteiger partial charge in [0.05, 0.1) is 18.5 Å². The molecule has 9 nitrogen and oxygen atoms in total. The topological polar surface area (TPSA) is 121 Å². The van der Waals surface area contributed by atoms with Crippen molar-refractivity contribution < 1.29 is 22.7 Å². The van der Waals surface area contributed by atoms with Gasteiger partial charge in [0.1, 0.15) is 16.3 Å². The second kappa shape index (κ2) is 10.2. The van der Waals surface area contributed by atoms with E-state index in [0.717, 1.165) is 32.4 Å². The molecule has 1 amide bonds. The number of nitrogens with zero attached hydrogens (tertiary/aromatic N) is 1. The normalized spacial score (nSPS) is 13.8. The molecule has 1 aliphatic heterocycles. The number of sulfonamides is 1. The number of nitrogens with one attached hydrogen (secondary N) is 3. The number of methoxy groups -OCH3 is 1. The number of Topliss-reactive ketones (excluding diaryl/α,β-unsaturated/α-hetero) is 1. The highest BCUT2D eigenvalue weighted by molar-refractivity contribution is 7.93. The third kappa shape index (κ3) is 5.48. The van der Waals surface area contributed by atoms with Gasteiger partial charge >= 0.3 is 0 Å². The Morgan fingerprint density at radius 3 is 2.46 bits per heavy atom. The van der Waals surface area contributed by atoms with E-state index in [-0.39, 0.29) is 16.4 Å². The lowest BCUT2D eigenvalue weighted by Crippen LogP contribution is -2.31. The Balaban J connectivity index is 1.69. The van der Waals surface area contributed by atoms with Crippen molar-refractivity contribution in [2.45, 2.75) is 31.1 Å². The first kappa shape index (κ1) is 24.3. The zero-order valence-electron chi connectivity index (χ0n) is 19.6. The number of hydrogen-bond acceptors (Lipinski definition) is 6. The van der Waals surface area contributed by atoms with E-state index in [9.17, 15) is 18.0 Å². The van der Waals surface area contributed by atoms with E-state index in [1.54, 1.807) is 36.4 Å². The fourth-order valence-electron chi connectivity index (χ4n) is 4.06. The summed E-state index contributed by atoms with van der Waals surface area (Å²) in [6.45, 7) is 2.91. The summed E-state index contributed by atoms with van der Waals surface area (Å²) in [7, 11) is -2.56. The lowest BCUT2D eigenvalue weighted by molar-refractivity contribution is 0.101. The molecule has 2 heterocycles. The van der Waals surface area contributed by atoms with Gasteiger partial charge in [-0.15, -0.1) is 0 Å². The van der Waals surface area contributed by atoms with Crippen LogP contribution in [0.25, 0.3) is 0 Å². The third-order valence-corrected chi connectivity index (χ3v) is 7.28. The van der Waals surface area contributed by atoms with Gasteiger partial charge in [-0.3, -0.25) is 14.3 Å². The first-order valence-electron chi connectivity index (χ1n) is 11.3. The van der Waals surface area contributed by atoms with Crippen LogP contribution in [0.2, 0.25) is 0 Å². The summed E-state index contributed by atoms with van der Waals surface area (Å²) in [6.07, 6.45) is 4.51. The number of aromatic nitrogens is 1. The average molecular weight is 497 g/mol. The summed E-state index contributed by atoms with van der Waals surface area (Å²) in [6, 6.07) is 13.1. The van der Waals surface area contributed by atoms with Crippen molar-refractivity contribution in [1.82, 2.24) is 4.98 Å². The predicted octanol–water partition coefficient (Wildman–Crippen LogP) is 4.27. The highest BCUT2D eigenvalue weighted by Crippen LogP contribution is 2.33. The van der Waals surface area contributed by atoms with Crippen LogP contribution in [0.15, 0.2) is 59.6 Å². The lowest BCUT2D eigenvalue weighted by Gasteiger charge is -2.30. The molecule has 184 valence electrons. The summed E-state index contributed by atoms with van der Waals surface area (Å²) in [5.74, 6) is -0.251. The minimum absolute atomic E-state index is 0.0546. The number of ketones is 1. The monoisotopic (exact) mass is 496 g/mol. The largest absolute Gasteiger partial charge is 0.495 e. The van der Waals surface area contributed by atoms with Gasteiger partial charge in [0.25, 0.3) is 15.9 Å². The van der Waals surface area contributed by atoms with Crippen LogP contribution in [0.1, 0.15) is 47.0 Å². The molecule has 0 bridgehead atoms. The Labute approximate surface area is 204 Å². The van der Waals surface area contributed by atoms with E-state index in [4.69, 9.17) is 4.74 Å². The predicted molar refractivity (Wildman–Crippen MR) is 135 cm³/mol. The molecule has 1 fully saturated rings. The lowest BCUT2D eigenvalue weighted by atomic mass is 10.1. The van der Waals surface area contributed by atoms with Gasteiger partial charge in [0.2, 0.25) is 0 Å². The highest BCUT2D eigenvalue weighted by atomic mass is 32.2. The molecular formula is C25H28N4O5S. The molecule has 10 heteroatoms. The Morgan fingerprint density at radius 1 is 1.03 bits per heavy atom. The summed E-state index contributed by atoms with van der Waals surface area (Å²) in [4.78, 5) is 29.1. The van der Waals surface area contributed by atoms with Crippen LogP contribution in [-0.4, -0.2) is 45.3 Å². The molecule has 3 aromatic rings. The van der Waals surface area contributed by atoms with Crippen LogP contribution in [0.3, 0.4) is 0 Å². The van der Waals surface area contributed by atoms with E-state index < -0.39 is 15.9 Å². The number of H-pyrrole nitrogens is 1. The molecule has 35 heavy (non-hydrogen) atoms.